The van der Waals surface area contributed by atoms with Crippen LogP contribution < -0.4 is 10.4 Å². The van der Waals surface area contributed by atoms with E-state index in [9.17, 15) is 14.7 Å². The molecule has 3 rings (SSSR count). The summed E-state index contributed by atoms with van der Waals surface area (Å²) >= 11 is 0. The fourth-order valence-corrected chi connectivity index (χ4v) is 9.65. The SMILES string of the molecule is CC(C)(C)OC(=O)N1CC[C@H](O[Si](c2ccccc2)(c2ccccc2)C(C)(C)C)[C@@]1(C)C(=O)O. The Morgan fingerprint density at radius 3 is 1.79 bits per heavy atom. The summed E-state index contributed by atoms with van der Waals surface area (Å²) in [4.78, 5) is 27.1. The first-order valence-electron chi connectivity index (χ1n) is 11.8. The van der Waals surface area contributed by atoms with Crippen molar-refractivity contribution in [2.24, 2.45) is 0 Å². The molecule has 1 fully saturated rings. The summed E-state index contributed by atoms with van der Waals surface area (Å²) in [5, 5.41) is 12.2. The van der Waals surface area contributed by atoms with Crippen LogP contribution in [0.4, 0.5) is 4.79 Å². The molecule has 6 nitrogen and oxygen atoms in total. The number of benzene rings is 2. The van der Waals surface area contributed by atoms with Gasteiger partial charge in [0.25, 0.3) is 8.32 Å². The number of nitrogens with zero attached hydrogens (tertiary/aromatic N) is 1. The van der Waals surface area contributed by atoms with Gasteiger partial charge < -0.3 is 14.3 Å². The highest BCUT2D eigenvalue weighted by Crippen LogP contribution is 2.42. The Bertz CT molecular complexity index is 973. The van der Waals surface area contributed by atoms with Gasteiger partial charge in [-0.05, 0) is 49.5 Å². The van der Waals surface area contributed by atoms with E-state index in [1.165, 1.54) is 4.90 Å². The van der Waals surface area contributed by atoms with Crippen LogP contribution in [-0.2, 0) is 14.0 Å². The zero-order valence-corrected chi connectivity index (χ0v) is 22.3. The van der Waals surface area contributed by atoms with Crippen LogP contribution in [0.2, 0.25) is 5.04 Å². The molecule has 2 atom stereocenters. The summed E-state index contributed by atoms with van der Waals surface area (Å²) in [7, 11) is -3.00. The summed E-state index contributed by atoms with van der Waals surface area (Å²) in [5.41, 5.74) is -2.29. The number of carbonyl (C=O) groups is 2. The van der Waals surface area contributed by atoms with Crippen molar-refractivity contribution in [1.29, 1.82) is 0 Å². The van der Waals surface area contributed by atoms with Gasteiger partial charge in [-0.25, -0.2) is 9.59 Å². The number of rotatable bonds is 5. The molecule has 1 N–H and O–H groups in total. The van der Waals surface area contributed by atoms with E-state index in [4.69, 9.17) is 9.16 Å². The molecule has 0 aromatic heterocycles. The lowest BCUT2D eigenvalue weighted by molar-refractivity contribution is -0.152. The van der Waals surface area contributed by atoms with Crippen molar-refractivity contribution in [3.05, 3.63) is 60.7 Å². The number of ether oxygens (including phenoxy) is 1. The monoisotopic (exact) mass is 483 g/mol. The van der Waals surface area contributed by atoms with Crippen molar-refractivity contribution in [1.82, 2.24) is 4.90 Å². The molecule has 0 aliphatic carbocycles. The lowest BCUT2D eigenvalue weighted by atomic mass is 9.96. The first-order valence-corrected chi connectivity index (χ1v) is 13.7. The Labute approximate surface area is 204 Å². The average Bonchev–Trinajstić information content (AvgIpc) is 3.08. The maximum Gasteiger partial charge on any atom is 0.411 e. The molecule has 1 saturated heterocycles. The maximum atomic E-state index is 13.0. The van der Waals surface area contributed by atoms with Crippen molar-refractivity contribution < 1.29 is 23.9 Å². The van der Waals surface area contributed by atoms with E-state index in [1.807, 2.05) is 36.4 Å². The van der Waals surface area contributed by atoms with Crippen LogP contribution in [0.1, 0.15) is 54.9 Å². The molecule has 1 aliphatic rings. The topological polar surface area (TPSA) is 76.1 Å². The second-order valence-corrected chi connectivity index (χ2v) is 15.4. The van der Waals surface area contributed by atoms with Crippen molar-refractivity contribution in [2.45, 2.75) is 77.2 Å². The first-order chi connectivity index (χ1) is 15.7. The summed E-state index contributed by atoms with van der Waals surface area (Å²) in [6.45, 7) is 13.6. The van der Waals surface area contributed by atoms with Gasteiger partial charge in [-0.15, -0.1) is 0 Å². The minimum Gasteiger partial charge on any atom is -0.479 e. The minimum absolute atomic E-state index is 0.251. The first kappa shape index (κ1) is 26.0. The van der Waals surface area contributed by atoms with Gasteiger partial charge in [-0.2, -0.15) is 0 Å². The number of carboxylic acids is 1. The van der Waals surface area contributed by atoms with Crippen LogP contribution in [0, 0.1) is 0 Å². The zero-order chi connectivity index (χ0) is 25.4. The van der Waals surface area contributed by atoms with Crippen LogP contribution in [0.15, 0.2) is 60.7 Å². The van der Waals surface area contributed by atoms with Crippen LogP contribution in [0.25, 0.3) is 0 Å². The number of hydrogen-bond acceptors (Lipinski definition) is 4. The lowest BCUT2D eigenvalue weighted by Gasteiger charge is -2.47. The Morgan fingerprint density at radius 1 is 0.941 bits per heavy atom. The summed E-state index contributed by atoms with van der Waals surface area (Å²) in [5.74, 6) is -1.10. The molecular weight excluding hydrogens is 446 g/mol. The van der Waals surface area contributed by atoms with Crippen LogP contribution >= 0.6 is 0 Å². The molecule has 0 saturated carbocycles. The van der Waals surface area contributed by atoms with Crippen molar-refractivity contribution >= 4 is 30.8 Å². The van der Waals surface area contributed by atoms with Crippen LogP contribution in [0.5, 0.6) is 0 Å². The van der Waals surface area contributed by atoms with E-state index in [0.29, 0.717) is 6.42 Å². The van der Waals surface area contributed by atoms with E-state index >= 15 is 0 Å². The molecule has 1 heterocycles. The number of aliphatic carboxylic acids is 1. The third-order valence-electron chi connectivity index (χ3n) is 6.59. The molecule has 0 unspecified atom stereocenters. The second-order valence-electron chi connectivity index (χ2n) is 11.1. The molecule has 2 aromatic rings. The van der Waals surface area contributed by atoms with Crippen molar-refractivity contribution in [3.63, 3.8) is 0 Å². The largest absolute Gasteiger partial charge is 0.479 e. The van der Waals surface area contributed by atoms with Crippen molar-refractivity contribution in [3.8, 4) is 0 Å². The fourth-order valence-electron chi connectivity index (χ4n) is 4.86. The standard InChI is InChI=1S/C27H37NO5Si/c1-25(2,3)32-24(31)28-19-18-22(27(28,7)23(29)30)33-34(26(4,5)6,20-14-10-8-11-15-20)21-16-12-9-13-17-21/h8-17,22H,18-19H2,1-7H3,(H,29,30)/t22-,27-/m0/s1. The van der Waals surface area contributed by atoms with E-state index in [1.54, 1.807) is 27.7 Å². The van der Waals surface area contributed by atoms with Crippen LogP contribution in [-0.4, -0.2) is 54.2 Å². The van der Waals surface area contributed by atoms with Gasteiger partial charge in [0.2, 0.25) is 0 Å². The molecule has 2 aromatic carbocycles. The number of carboxylic acid groups (broad SMARTS) is 1. The maximum absolute atomic E-state index is 13.0. The molecular formula is C27H37NO5Si. The van der Waals surface area contributed by atoms with Gasteiger partial charge >= 0.3 is 12.1 Å². The normalized spacial score (nSPS) is 21.4. The van der Waals surface area contributed by atoms with Gasteiger partial charge in [0.1, 0.15) is 5.60 Å². The van der Waals surface area contributed by atoms with Gasteiger partial charge in [-0.1, -0.05) is 81.4 Å². The van der Waals surface area contributed by atoms with Crippen molar-refractivity contribution in [2.75, 3.05) is 6.54 Å². The Hall–Kier alpha value is -2.64. The average molecular weight is 484 g/mol. The smallest absolute Gasteiger partial charge is 0.411 e. The van der Waals surface area contributed by atoms with E-state index in [-0.39, 0.29) is 11.6 Å². The number of hydrogen-bond donors (Lipinski definition) is 1. The molecule has 7 heteroatoms. The number of carbonyl (C=O) groups excluding carboxylic acids is 1. The number of likely N-dealkylation sites (tertiary alicyclic amines) is 1. The predicted molar refractivity (Wildman–Crippen MR) is 136 cm³/mol. The zero-order valence-electron chi connectivity index (χ0n) is 21.3. The van der Waals surface area contributed by atoms with E-state index in [2.05, 4.69) is 45.0 Å². The molecule has 0 spiro atoms. The van der Waals surface area contributed by atoms with E-state index < -0.39 is 37.6 Å². The minimum atomic E-state index is -3.00. The predicted octanol–water partition coefficient (Wildman–Crippen LogP) is 4.42. The van der Waals surface area contributed by atoms with Gasteiger partial charge in [-0.3, -0.25) is 4.90 Å². The summed E-state index contributed by atoms with van der Waals surface area (Å²) < 4.78 is 12.7. The molecule has 34 heavy (non-hydrogen) atoms. The summed E-state index contributed by atoms with van der Waals surface area (Å²) in [6.07, 6.45) is -0.929. The molecule has 1 amide bonds. The Balaban J connectivity index is 2.15. The Morgan fingerprint density at radius 2 is 1.41 bits per heavy atom. The van der Waals surface area contributed by atoms with Gasteiger partial charge in [0.05, 0.1) is 6.10 Å². The number of amides is 1. The Kier molecular flexibility index (Phi) is 7.02. The molecule has 0 bridgehead atoms. The van der Waals surface area contributed by atoms with E-state index in [0.717, 1.165) is 10.4 Å². The third-order valence-corrected chi connectivity index (χ3v) is 11.6. The molecule has 0 radical (unpaired) electrons. The fraction of sp³-hybridized carbons (Fsp3) is 0.481. The highest BCUT2D eigenvalue weighted by molar-refractivity contribution is 6.99. The molecule has 184 valence electrons. The second kappa shape index (κ2) is 9.19. The quantitative estimate of drug-likeness (QED) is 0.638. The van der Waals surface area contributed by atoms with Gasteiger partial charge in [0.15, 0.2) is 5.54 Å². The van der Waals surface area contributed by atoms with Gasteiger partial charge in [0, 0.05) is 6.54 Å². The summed E-state index contributed by atoms with van der Waals surface area (Å²) in [6, 6.07) is 20.2. The highest BCUT2D eigenvalue weighted by Gasteiger charge is 2.60. The van der Waals surface area contributed by atoms with Crippen LogP contribution in [0.3, 0.4) is 0 Å². The molecule has 1 aliphatic heterocycles. The third kappa shape index (κ3) is 4.64. The lowest BCUT2D eigenvalue weighted by Crippen LogP contribution is -2.70. The highest BCUT2D eigenvalue weighted by atomic mass is 28.4.